The summed E-state index contributed by atoms with van der Waals surface area (Å²) in [4.78, 5) is 21.4. The van der Waals surface area contributed by atoms with Gasteiger partial charge in [-0.25, -0.2) is 13.8 Å². The molecule has 0 aliphatic carbocycles. The molecule has 4 rings (SSSR count). The van der Waals surface area contributed by atoms with Crippen molar-refractivity contribution in [3.63, 3.8) is 0 Å². The van der Waals surface area contributed by atoms with Gasteiger partial charge in [-0.1, -0.05) is 11.3 Å². The molecule has 0 bridgehead atoms. The van der Waals surface area contributed by atoms with Crippen LogP contribution in [0.2, 0.25) is 0 Å². The van der Waals surface area contributed by atoms with Gasteiger partial charge >= 0.3 is 0 Å². The Balaban J connectivity index is 1.66. The van der Waals surface area contributed by atoms with Crippen LogP contribution in [0.3, 0.4) is 0 Å². The summed E-state index contributed by atoms with van der Waals surface area (Å²) in [5, 5.41) is 0.459. The van der Waals surface area contributed by atoms with E-state index in [0.717, 1.165) is 35.4 Å². The number of thiazole rings is 1. The second-order valence-corrected chi connectivity index (χ2v) is 7.87. The molecule has 1 saturated heterocycles. The number of ether oxygens (including phenoxy) is 2. The summed E-state index contributed by atoms with van der Waals surface area (Å²) in [5.41, 5.74) is 0.537. The van der Waals surface area contributed by atoms with Crippen molar-refractivity contribution in [2.45, 2.75) is 0 Å². The number of benzene rings is 2. The van der Waals surface area contributed by atoms with Gasteiger partial charge in [0.1, 0.15) is 17.4 Å². The maximum atomic E-state index is 14.3. The molecule has 1 amide bonds. The number of hydrogen-bond acceptors (Lipinski definition) is 6. The lowest BCUT2D eigenvalue weighted by atomic mass is 10.2. The molecular formula is C21H21F2N3O3S. The molecule has 0 atom stereocenters. The molecule has 30 heavy (non-hydrogen) atoms. The number of nitrogens with zero attached hydrogens (tertiary/aromatic N) is 3. The quantitative estimate of drug-likeness (QED) is 0.595. The summed E-state index contributed by atoms with van der Waals surface area (Å²) in [6.45, 7) is 3.74. The van der Waals surface area contributed by atoms with Gasteiger partial charge in [0.15, 0.2) is 5.13 Å². The third-order valence-electron chi connectivity index (χ3n) is 4.97. The highest BCUT2D eigenvalue weighted by atomic mass is 32.1. The minimum Gasteiger partial charge on any atom is -0.497 e. The van der Waals surface area contributed by atoms with Gasteiger partial charge in [-0.3, -0.25) is 14.6 Å². The molecular weight excluding hydrogens is 412 g/mol. The van der Waals surface area contributed by atoms with Crippen LogP contribution < -0.4 is 9.64 Å². The summed E-state index contributed by atoms with van der Waals surface area (Å²) in [6.07, 6.45) is 0. The number of amides is 1. The molecule has 1 aliphatic heterocycles. The second kappa shape index (κ2) is 9.03. The van der Waals surface area contributed by atoms with Crippen molar-refractivity contribution in [3.05, 3.63) is 53.6 Å². The van der Waals surface area contributed by atoms with Crippen LogP contribution in [0.15, 0.2) is 36.4 Å². The van der Waals surface area contributed by atoms with Gasteiger partial charge in [0.25, 0.3) is 5.91 Å². The predicted molar refractivity (Wildman–Crippen MR) is 111 cm³/mol. The predicted octanol–water partition coefficient (Wildman–Crippen LogP) is 3.56. The first-order chi connectivity index (χ1) is 14.5. The van der Waals surface area contributed by atoms with Crippen molar-refractivity contribution in [3.8, 4) is 5.75 Å². The molecule has 2 aromatic carbocycles. The summed E-state index contributed by atoms with van der Waals surface area (Å²) in [6, 6.07) is 8.43. The molecule has 0 spiro atoms. The number of carbonyl (C=O) groups excluding carboxylic acids is 1. The number of rotatable bonds is 6. The Morgan fingerprint density at radius 3 is 2.77 bits per heavy atom. The molecule has 1 aliphatic rings. The molecule has 0 unspecified atom stereocenters. The van der Waals surface area contributed by atoms with E-state index in [1.54, 1.807) is 13.2 Å². The fraction of sp³-hybridized carbons (Fsp3) is 0.333. The molecule has 6 nitrogen and oxygen atoms in total. The fourth-order valence-corrected chi connectivity index (χ4v) is 4.31. The maximum Gasteiger partial charge on any atom is 0.263 e. The Hall–Kier alpha value is -2.62. The average molecular weight is 433 g/mol. The van der Waals surface area contributed by atoms with Gasteiger partial charge in [-0.15, -0.1) is 0 Å². The minimum atomic E-state index is -0.890. The lowest BCUT2D eigenvalue weighted by Gasteiger charge is -2.29. The van der Waals surface area contributed by atoms with E-state index in [1.165, 1.54) is 22.3 Å². The van der Waals surface area contributed by atoms with Crippen LogP contribution in [0, 0.1) is 11.6 Å². The van der Waals surface area contributed by atoms with Crippen molar-refractivity contribution in [1.29, 1.82) is 0 Å². The Labute approximate surface area is 176 Å². The molecule has 0 N–H and O–H groups in total. The van der Waals surface area contributed by atoms with Gasteiger partial charge in [0.05, 0.1) is 36.1 Å². The highest BCUT2D eigenvalue weighted by Gasteiger charge is 2.25. The van der Waals surface area contributed by atoms with Gasteiger partial charge < -0.3 is 9.47 Å². The molecule has 2 heterocycles. The van der Waals surface area contributed by atoms with E-state index < -0.39 is 17.5 Å². The number of anilines is 1. The third-order valence-corrected chi connectivity index (χ3v) is 6.01. The van der Waals surface area contributed by atoms with Crippen LogP contribution in [0.4, 0.5) is 13.9 Å². The number of halogens is 2. The van der Waals surface area contributed by atoms with Crippen LogP contribution in [-0.2, 0) is 4.74 Å². The molecule has 1 aromatic heterocycles. The summed E-state index contributed by atoms with van der Waals surface area (Å²) >= 11 is 1.33. The lowest BCUT2D eigenvalue weighted by molar-refractivity contribution is 0.0391. The highest BCUT2D eigenvalue weighted by Crippen LogP contribution is 2.32. The standard InChI is InChI=1S/C21H21F2N3O3S/c1-28-15-3-5-18-19(13-15)30-21(24-18)26(7-6-25-8-10-29-11-9-25)20(27)16-4-2-14(22)12-17(16)23/h2-5,12-13H,6-11H2,1H3. The summed E-state index contributed by atoms with van der Waals surface area (Å²) in [7, 11) is 1.58. The SMILES string of the molecule is COc1ccc2nc(N(CCN3CCOCC3)C(=O)c3ccc(F)cc3F)sc2c1. The van der Waals surface area contributed by atoms with E-state index in [0.29, 0.717) is 37.2 Å². The van der Waals surface area contributed by atoms with Crippen LogP contribution in [-0.4, -0.2) is 62.3 Å². The molecule has 3 aromatic rings. The van der Waals surface area contributed by atoms with Gasteiger partial charge in [-0.05, 0) is 30.3 Å². The van der Waals surface area contributed by atoms with E-state index in [1.807, 2.05) is 12.1 Å². The van der Waals surface area contributed by atoms with Crippen molar-refractivity contribution in [2.75, 3.05) is 51.4 Å². The molecule has 9 heteroatoms. The molecule has 0 saturated carbocycles. The summed E-state index contributed by atoms with van der Waals surface area (Å²) < 4.78 is 39.1. The second-order valence-electron chi connectivity index (χ2n) is 6.87. The topological polar surface area (TPSA) is 54.9 Å². The van der Waals surface area contributed by atoms with Crippen LogP contribution in [0.5, 0.6) is 5.75 Å². The van der Waals surface area contributed by atoms with E-state index >= 15 is 0 Å². The lowest BCUT2D eigenvalue weighted by Crippen LogP contribution is -2.43. The van der Waals surface area contributed by atoms with E-state index in [4.69, 9.17) is 9.47 Å². The Morgan fingerprint density at radius 2 is 2.03 bits per heavy atom. The monoisotopic (exact) mass is 433 g/mol. The Bertz CT molecular complexity index is 1050. The van der Waals surface area contributed by atoms with Crippen LogP contribution >= 0.6 is 11.3 Å². The number of fused-ring (bicyclic) bond motifs is 1. The maximum absolute atomic E-state index is 14.3. The fourth-order valence-electron chi connectivity index (χ4n) is 3.29. The number of carbonyl (C=O) groups is 1. The zero-order chi connectivity index (χ0) is 21.1. The van der Waals surface area contributed by atoms with Crippen LogP contribution in [0.25, 0.3) is 10.2 Å². The van der Waals surface area contributed by atoms with E-state index in [9.17, 15) is 13.6 Å². The number of hydrogen-bond donors (Lipinski definition) is 0. The molecule has 0 radical (unpaired) electrons. The third kappa shape index (κ3) is 4.43. The number of aromatic nitrogens is 1. The normalized spacial score (nSPS) is 14.8. The van der Waals surface area contributed by atoms with Crippen molar-refractivity contribution < 1.29 is 23.0 Å². The highest BCUT2D eigenvalue weighted by molar-refractivity contribution is 7.22. The smallest absolute Gasteiger partial charge is 0.263 e. The van der Waals surface area contributed by atoms with Gasteiger partial charge in [0, 0.05) is 32.2 Å². The van der Waals surface area contributed by atoms with Gasteiger partial charge in [0.2, 0.25) is 0 Å². The zero-order valence-corrected chi connectivity index (χ0v) is 17.3. The Kier molecular flexibility index (Phi) is 6.21. The summed E-state index contributed by atoms with van der Waals surface area (Å²) in [5.74, 6) is -1.48. The largest absolute Gasteiger partial charge is 0.497 e. The van der Waals surface area contributed by atoms with E-state index in [-0.39, 0.29) is 5.56 Å². The van der Waals surface area contributed by atoms with E-state index in [2.05, 4.69) is 9.88 Å². The minimum absolute atomic E-state index is 0.185. The molecule has 1 fully saturated rings. The Morgan fingerprint density at radius 1 is 1.23 bits per heavy atom. The average Bonchev–Trinajstić information content (AvgIpc) is 3.17. The molecule has 158 valence electrons. The van der Waals surface area contributed by atoms with Crippen molar-refractivity contribution in [2.24, 2.45) is 0 Å². The van der Waals surface area contributed by atoms with Crippen molar-refractivity contribution in [1.82, 2.24) is 9.88 Å². The number of methoxy groups -OCH3 is 1. The van der Waals surface area contributed by atoms with Crippen molar-refractivity contribution >= 4 is 32.6 Å². The van der Waals surface area contributed by atoms with Crippen LogP contribution in [0.1, 0.15) is 10.4 Å². The zero-order valence-electron chi connectivity index (χ0n) is 16.4. The first kappa shape index (κ1) is 20.6. The first-order valence-corrected chi connectivity index (χ1v) is 10.4. The van der Waals surface area contributed by atoms with Gasteiger partial charge in [-0.2, -0.15) is 0 Å². The number of morpholine rings is 1. The first-order valence-electron chi connectivity index (χ1n) is 9.57.